The highest BCUT2D eigenvalue weighted by Crippen LogP contribution is 2.31. The number of carbonyl (C=O) groups excluding carboxylic acids is 4. The van der Waals surface area contributed by atoms with E-state index in [0.29, 0.717) is 40.2 Å². The van der Waals surface area contributed by atoms with E-state index in [2.05, 4.69) is 0 Å². The maximum absolute atomic E-state index is 12.5. The van der Waals surface area contributed by atoms with Crippen molar-refractivity contribution in [3.05, 3.63) is 72.8 Å². The van der Waals surface area contributed by atoms with Crippen molar-refractivity contribution in [3.8, 4) is 39.7 Å². The summed E-state index contributed by atoms with van der Waals surface area (Å²) in [5.41, 5.74) is 3.71. The van der Waals surface area contributed by atoms with Crippen molar-refractivity contribution in [1.82, 2.24) is 25.0 Å². The van der Waals surface area contributed by atoms with Gasteiger partial charge in [-0.2, -0.15) is 10.0 Å². The fourth-order valence-electron chi connectivity index (χ4n) is 5.48. The van der Waals surface area contributed by atoms with Gasteiger partial charge in [-0.05, 0) is 87.4 Å². The van der Waals surface area contributed by atoms with Gasteiger partial charge in [-0.15, -0.1) is 0 Å². The van der Waals surface area contributed by atoms with Gasteiger partial charge in [0.15, 0.2) is 0 Å². The summed E-state index contributed by atoms with van der Waals surface area (Å²) in [5, 5.41) is 6.19. The lowest BCUT2D eigenvalue weighted by molar-refractivity contribution is -0.150. The second-order valence-corrected chi connectivity index (χ2v) is 12.0. The molecule has 0 amide bonds. The molecule has 0 saturated carbocycles. The van der Waals surface area contributed by atoms with Crippen molar-refractivity contribution in [2.75, 3.05) is 83.8 Å². The van der Waals surface area contributed by atoms with E-state index in [-0.39, 0.29) is 52.6 Å². The molecule has 16 nitrogen and oxygen atoms in total. The zero-order valence-corrected chi connectivity index (χ0v) is 32.9. The summed E-state index contributed by atoms with van der Waals surface area (Å²) in [6.07, 6.45) is 0. The third-order valence-electron chi connectivity index (χ3n) is 8.22. The number of hydrazine groups is 2. The van der Waals surface area contributed by atoms with Crippen molar-refractivity contribution in [3.63, 3.8) is 0 Å². The largest absolute Gasteiger partial charge is 0.497 e. The standard InChI is InChI=1S/C40H49N7O9/c1-8-53-37(48)24-46(25-38(49)54-9-2)44(5)35-16-12-14-31(42-35)33-22-29(28-18-20-30(52-7)21-19-28)23-34(41-33)32-15-13-17-36(43-32)45(6)47(26-39(50)55-10-3)27-40(51)56-11-4/h12-23H,8-11,24-27H2,1-7H3. The zero-order valence-electron chi connectivity index (χ0n) is 32.9. The number of nitrogens with zero attached hydrogens (tertiary/aromatic N) is 7. The molecular weight excluding hydrogens is 722 g/mol. The molecule has 3 heterocycles. The third kappa shape index (κ3) is 11.9. The van der Waals surface area contributed by atoms with Crippen LogP contribution in [0.1, 0.15) is 27.7 Å². The Bertz CT molecular complexity index is 1790. The summed E-state index contributed by atoms with van der Waals surface area (Å²) in [6.45, 7) is 6.75. The highest BCUT2D eigenvalue weighted by Gasteiger charge is 2.24. The predicted molar refractivity (Wildman–Crippen MR) is 209 cm³/mol. The van der Waals surface area contributed by atoms with Gasteiger partial charge >= 0.3 is 23.9 Å². The van der Waals surface area contributed by atoms with Crippen molar-refractivity contribution < 1.29 is 42.9 Å². The van der Waals surface area contributed by atoms with Gasteiger partial charge in [0.2, 0.25) is 0 Å². The van der Waals surface area contributed by atoms with Gasteiger partial charge in [0.1, 0.15) is 43.6 Å². The summed E-state index contributed by atoms with van der Waals surface area (Å²) in [4.78, 5) is 64.9. The van der Waals surface area contributed by atoms with E-state index in [0.717, 1.165) is 11.1 Å². The third-order valence-corrected chi connectivity index (χ3v) is 8.22. The minimum atomic E-state index is -0.511. The fourth-order valence-corrected chi connectivity index (χ4v) is 5.48. The van der Waals surface area contributed by atoms with E-state index in [1.807, 2.05) is 48.5 Å². The van der Waals surface area contributed by atoms with Crippen LogP contribution in [0.5, 0.6) is 5.75 Å². The first kappa shape index (κ1) is 42.6. The smallest absolute Gasteiger partial charge is 0.322 e. The van der Waals surface area contributed by atoms with Crippen molar-refractivity contribution in [2.24, 2.45) is 0 Å². The van der Waals surface area contributed by atoms with Crippen LogP contribution in [0, 0.1) is 0 Å². The SMILES string of the molecule is CCOC(=O)CN(CC(=O)OCC)N(C)c1cccc(-c2cc(-c3ccc(OC)cc3)cc(-c3cccc(N(C)N(CC(=O)OCC)CC(=O)OCC)n3)n2)n1. The topological polar surface area (TPSA) is 166 Å². The molecule has 0 unspecified atom stereocenters. The van der Waals surface area contributed by atoms with Crippen LogP contribution in [0.2, 0.25) is 0 Å². The molecule has 0 fully saturated rings. The molecule has 0 aliphatic carbocycles. The molecule has 4 rings (SSSR count). The second-order valence-electron chi connectivity index (χ2n) is 12.0. The highest BCUT2D eigenvalue weighted by atomic mass is 16.5. The normalized spacial score (nSPS) is 10.9. The number of methoxy groups -OCH3 is 1. The van der Waals surface area contributed by atoms with Gasteiger partial charge in [-0.1, -0.05) is 24.3 Å². The summed E-state index contributed by atoms with van der Waals surface area (Å²) in [6, 6.07) is 22.1. The molecule has 0 bridgehead atoms. The maximum Gasteiger partial charge on any atom is 0.322 e. The Morgan fingerprint density at radius 1 is 0.500 bits per heavy atom. The molecule has 0 radical (unpaired) electrons. The van der Waals surface area contributed by atoms with E-state index in [4.69, 9.17) is 38.6 Å². The van der Waals surface area contributed by atoms with Crippen LogP contribution >= 0.6 is 0 Å². The molecule has 0 atom stereocenters. The number of esters is 4. The lowest BCUT2D eigenvalue weighted by atomic mass is 10.0. The first-order chi connectivity index (χ1) is 27.0. The molecule has 4 aromatic rings. The minimum Gasteiger partial charge on any atom is -0.497 e. The summed E-state index contributed by atoms with van der Waals surface area (Å²) >= 11 is 0. The second kappa shape index (κ2) is 21.1. The van der Waals surface area contributed by atoms with Crippen molar-refractivity contribution >= 4 is 35.5 Å². The van der Waals surface area contributed by atoms with Gasteiger partial charge in [-0.25, -0.2) is 15.0 Å². The molecule has 0 aliphatic heterocycles. The van der Waals surface area contributed by atoms with Gasteiger partial charge in [0.25, 0.3) is 0 Å². The summed E-state index contributed by atoms with van der Waals surface area (Å²) in [7, 11) is 4.98. The van der Waals surface area contributed by atoms with Gasteiger partial charge in [-0.3, -0.25) is 29.2 Å². The van der Waals surface area contributed by atoms with E-state index in [1.54, 1.807) is 83.2 Å². The Hall–Kier alpha value is -6.13. The lowest BCUT2D eigenvalue weighted by Crippen LogP contribution is -2.47. The van der Waals surface area contributed by atoms with Crippen LogP contribution in [-0.4, -0.2) is 123 Å². The molecule has 16 heteroatoms. The van der Waals surface area contributed by atoms with E-state index < -0.39 is 23.9 Å². The number of hydrogen-bond donors (Lipinski definition) is 0. The quantitative estimate of drug-likeness (QED) is 0.0703. The average Bonchev–Trinajstić information content (AvgIpc) is 3.20. The van der Waals surface area contributed by atoms with Crippen LogP contribution in [0.25, 0.3) is 33.9 Å². The molecular formula is C40H49N7O9. The van der Waals surface area contributed by atoms with Gasteiger partial charge in [0.05, 0.1) is 56.3 Å². The zero-order chi connectivity index (χ0) is 40.6. The Labute approximate surface area is 326 Å². The number of carbonyl (C=O) groups is 4. The first-order valence-corrected chi connectivity index (χ1v) is 18.2. The summed E-state index contributed by atoms with van der Waals surface area (Å²) in [5.74, 6) is -0.485. The maximum atomic E-state index is 12.5. The Morgan fingerprint density at radius 2 is 0.875 bits per heavy atom. The molecule has 56 heavy (non-hydrogen) atoms. The van der Waals surface area contributed by atoms with Crippen LogP contribution in [0.3, 0.4) is 0 Å². The number of benzene rings is 1. The van der Waals surface area contributed by atoms with Crippen LogP contribution < -0.4 is 14.8 Å². The van der Waals surface area contributed by atoms with Crippen molar-refractivity contribution in [1.29, 1.82) is 0 Å². The highest BCUT2D eigenvalue weighted by molar-refractivity contribution is 5.78. The first-order valence-electron chi connectivity index (χ1n) is 18.2. The Morgan fingerprint density at radius 3 is 1.21 bits per heavy atom. The number of anilines is 2. The molecule has 0 N–H and O–H groups in total. The number of rotatable bonds is 20. The number of pyridine rings is 3. The number of aromatic nitrogens is 3. The lowest BCUT2D eigenvalue weighted by Gasteiger charge is -2.31. The van der Waals surface area contributed by atoms with Crippen molar-refractivity contribution in [2.45, 2.75) is 27.7 Å². The number of hydrogen-bond acceptors (Lipinski definition) is 16. The average molecular weight is 772 g/mol. The molecule has 0 aliphatic rings. The van der Waals surface area contributed by atoms with E-state index in [9.17, 15) is 19.2 Å². The monoisotopic (exact) mass is 771 g/mol. The molecule has 0 spiro atoms. The summed E-state index contributed by atoms with van der Waals surface area (Å²) < 4.78 is 26.0. The fraction of sp³-hybridized carbons (Fsp3) is 0.375. The molecule has 298 valence electrons. The number of ether oxygens (including phenoxy) is 5. The van der Waals surface area contributed by atoms with Crippen LogP contribution in [-0.2, 0) is 38.1 Å². The molecule has 3 aromatic heterocycles. The van der Waals surface area contributed by atoms with Gasteiger partial charge < -0.3 is 23.7 Å². The van der Waals surface area contributed by atoms with Gasteiger partial charge in [0, 0.05) is 14.1 Å². The van der Waals surface area contributed by atoms with Crippen LogP contribution in [0.15, 0.2) is 72.8 Å². The minimum absolute atomic E-state index is 0.190. The predicted octanol–water partition coefficient (Wildman–Crippen LogP) is 4.44. The van der Waals surface area contributed by atoms with E-state index >= 15 is 0 Å². The van der Waals surface area contributed by atoms with E-state index in [1.165, 1.54) is 10.0 Å². The van der Waals surface area contributed by atoms with Crippen LogP contribution in [0.4, 0.5) is 11.6 Å². The Balaban J connectivity index is 1.78. The molecule has 1 aromatic carbocycles. The Kier molecular flexibility index (Phi) is 16.0. The molecule has 0 saturated heterocycles.